The van der Waals surface area contributed by atoms with E-state index in [2.05, 4.69) is 4.98 Å². The van der Waals surface area contributed by atoms with Crippen molar-refractivity contribution in [2.24, 2.45) is 5.73 Å². The number of H-pyrrole nitrogens is 1. The van der Waals surface area contributed by atoms with E-state index >= 15 is 0 Å². The third kappa shape index (κ3) is 4.53. The van der Waals surface area contributed by atoms with Gasteiger partial charge in [0.05, 0.1) is 5.75 Å². The zero-order chi connectivity index (χ0) is 22.9. The van der Waals surface area contributed by atoms with Gasteiger partial charge < -0.3 is 10.7 Å². The molecule has 6 nitrogen and oxygen atoms in total. The van der Waals surface area contributed by atoms with E-state index in [9.17, 15) is 17.6 Å². The lowest BCUT2D eigenvalue weighted by Crippen LogP contribution is -2.39. The highest BCUT2D eigenvalue weighted by Crippen LogP contribution is 2.38. The maximum Gasteiger partial charge on any atom is 0.265 e. The van der Waals surface area contributed by atoms with Crippen LogP contribution in [0.1, 0.15) is 41.2 Å². The van der Waals surface area contributed by atoms with Crippen molar-refractivity contribution in [3.05, 3.63) is 59.5 Å². The Labute approximate surface area is 191 Å². The molecule has 1 aromatic heterocycles. The average molecular weight is 478 g/mol. The second-order valence-electron chi connectivity index (χ2n) is 8.08. The van der Waals surface area contributed by atoms with Crippen LogP contribution in [0.15, 0.2) is 42.5 Å². The lowest BCUT2D eigenvalue weighted by molar-refractivity contribution is 0.0994. The van der Waals surface area contributed by atoms with Crippen molar-refractivity contribution in [2.45, 2.75) is 25.2 Å². The quantitative estimate of drug-likeness (QED) is 0.499. The Balaban J connectivity index is 1.67. The number of hydrogen-bond donors (Lipinski definition) is 2. The molecule has 0 aliphatic carbocycles. The topological polar surface area (TPSA) is 96.3 Å². The molecule has 4 rings (SSSR count). The number of hydrogen-bond acceptors (Lipinski definition) is 3. The third-order valence-electron chi connectivity index (χ3n) is 6.05. The van der Waals surface area contributed by atoms with Crippen LogP contribution in [0.3, 0.4) is 0 Å². The molecule has 9 heteroatoms. The molecule has 170 valence electrons. The lowest BCUT2D eigenvalue weighted by atomic mass is 9.87. The molecule has 0 radical (unpaired) electrons. The van der Waals surface area contributed by atoms with Crippen LogP contribution < -0.4 is 5.73 Å². The van der Waals surface area contributed by atoms with E-state index in [4.69, 9.17) is 17.3 Å². The molecule has 1 fully saturated rings. The maximum absolute atomic E-state index is 13.3. The molecule has 0 atom stereocenters. The first-order valence-electron chi connectivity index (χ1n) is 10.6. The second kappa shape index (κ2) is 9.21. The van der Waals surface area contributed by atoms with E-state index in [1.54, 1.807) is 12.1 Å². The van der Waals surface area contributed by atoms with Crippen LogP contribution >= 0.6 is 11.6 Å². The number of fused-ring (bicyclic) bond motifs is 1. The largest absolute Gasteiger partial charge is 0.364 e. The zero-order valence-electron chi connectivity index (χ0n) is 17.5. The fourth-order valence-corrected chi connectivity index (χ4v) is 6.27. The van der Waals surface area contributed by atoms with E-state index in [1.165, 1.54) is 16.4 Å². The summed E-state index contributed by atoms with van der Waals surface area (Å²) in [6, 6.07) is 12.0. The number of sulfonamides is 1. The third-order valence-corrected chi connectivity index (χ3v) is 8.28. The van der Waals surface area contributed by atoms with E-state index in [1.807, 2.05) is 18.2 Å². The molecule has 0 unspecified atom stereocenters. The lowest BCUT2D eigenvalue weighted by Gasteiger charge is -2.31. The number of nitrogens with two attached hydrogens (primary N) is 1. The van der Waals surface area contributed by atoms with Gasteiger partial charge in [0.25, 0.3) is 5.91 Å². The summed E-state index contributed by atoms with van der Waals surface area (Å²) >= 11 is 5.66. The molecule has 1 amide bonds. The van der Waals surface area contributed by atoms with Crippen molar-refractivity contribution in [1.82, 2.24) is 9.29 Å². The van der Waals surface area contributed by atoms with Crippen molar-refractivity contribution in [3.63, 3.8) is 0 Å². The van der Waals surface area contributed by atoms with Crippen molar-refractivity contribution in [3.8, 4) is 11.1 Å². The van der Waals surface area contributed by atoms with Crippen LogP contribution in [0.2, 0.25) is 0 Å². The molecule has 2 aromatic carbocycles. The number of amides is 1. The number of aromatic amines is 1. The van der Waals surface area contributed by atoms with Crippen molar-refractivity contribution in [1.29, 1.82) is 0 Å². The minimum absolute atomic E-state index is 0.00538. The SMILES string of the molecule is NC(=O)c1[nH]c2ccc(-c3ccc(F)cc3)cc2c1C1CCN(S(=O)(=O)CCCCl)CC1. The normalized spacial score (nSPS) is 15.9. The standard InChI is InChI=1S/C23H25ClFN3O3S/c24-10-1-13-32(30,31)28-11-8-16(9-12-28)21-19-14-17(15-2-5-18(25)6-3-15)4-7-20(19)27-22(21)23(26)29/h2-7,14,16,27H,1,8-13H2,(H2,26,29). The molecule has 0 saturated carbocycles. The maximum atomic E-state index is 13.3. The summed E-state index contributed by atoms with van der Waals surface area (Å²) in [6.45, 7) is 0.773. The summed E-state index contributed by atoms with van der Waals surface area (Å²) in [6.07, 6.45) is 1.60. The second-order valence-corrected chi connectivity index (χ2v) is 10.5. The van der Waals surface area contributed by atoms with Crippen molar-refractivity contribution in [2.75, 3.05) is 24.7 Å². The van der Waals surface area contributed by atoms with E-state index in [-0.39, 0.29) is 17.5 Å². The zero-order valence-corrected chi connectivity index (χ0v) is 19.1. The van der Waals surface area contributed by atoms with Crippen LogP contribution in [-0.2, 0) is 10.0 Å². The molecular weight excluding hydrogens is 453 g/mol. The van der Waals surface area contributed by atoms with Gasteiger partial charge in [-0.3, -0.25) is 4.79 Å². The number of primary amides is 1. The fraction of sp³-hybridized carbons (Fsp3) is 0.348. The van der Waals surface area contributed by atoms with E-state index < -0.39 is 15.9 Å². The predicted octanol–water partition coefficient (Wildman–Crippen LogP) is 4.21. The molecule has 0 spiro atoms. The number of aromatic nitrogens is 1. The average Bonchev–Trinajstić information content (AvgIpc) is 3.17. The molecule has 1 saturated heterocycles. The predicted molar refractivity (Wildman–Crippen MR) is 125 cm³/mol. The van der Waals surface area contributed by atoms with Gasteiger partial charge in [-0.25, -0.2) is 17.1 Å². The molecular formula is C23H25ClFN3O3S. The fourth-order valence-electron chi connectivity index (χ4n) is 4.44. The van der Waals surface area contributed by atoms with Gasteiger partial charge in [-0.1, -0.05) is 18.2 Å². The summed E-state index contributed by atoms with van der Waals surface area (Å²) in [4.78, 5) is 15.3. The Morgan fingerprint density at radius 3 is 2.41 bits per heavy atom. The minimum Gasteiger partial charge on any atom is -0.364 e. The van der Waals surface area contributed by atoms with Crippen LogP contribution in [0, 0.1) is 5.82 Å². The van der Waals surface area contributed by atoms with Gasteiger partial charge in [0, 0.05) is 29.9 Å². The van der Waals surface area contributed by atoms with Gasteiger partial charge in [-0.15, -0.1) is 11.6 Å². The first kappa shape index (κ1) is 22.8. The number of halogens is 2. The first-order valence-corrected chi connectivity index (χ1v) is 12.7. The van der Waals surface area contributed by atoms with Gasteiger partial charge >= 0.3 is 0 Å². The minimum atomic E-state index is -3.33. The number of benzene rings is 2. The van der Waals surface area contributed by atoms with E-state index in [0.717, 1.165) is 27.6 Å². The summed E-state index contributed by atoms with van der Waals surface area (Å²) in [5.74, 6) is -0.502. The smallest absolute Gasteiger partial charge is 0.265 e. The molecule has 2 heterocycles. The monoisotopic (exact) mass is 477 g/mol. The highest BCUT2D eigenvalue weighted by Gasteiger charge is 2.31. The van der Waals surface area contributed by atoms with Crippen molar-refractivity contribution >= 4 is 38.4 Å². The Morgan fingerprint density at radius 1 is 1.12 bits per heavy atom. The van der Waals surface area contributed by atoms with Crippen LogP contribution in [-0.4, -0.2) is 48.3 Å². The Kier molecular flexibility index (Phi) is 6.55. The number of nitrogens with one attached hydrogen (secondary N) is 1. The van der Waals surface area contributed by atoms with Crippen LogP contribution in [0.4, 0.5) is 4.39 Å². The molecule has 0 bridgehead atoms. The number of rotatable bonds is 7. The summed E-state index contributed by atoms with van der Waals surface area (Å²) in [5.41, 5.74) is 9.41. The number of carbonyl (C=O) groups is 1. The van der Waals surface area contributed by atoms with Gasteiger partial charge in [0.1, 0.15) is 11.5 Å². The van der Waals surface area contributed by atoms with E-state index in [0.29, 0.717) is 43.9 Å². The molecule has 1 aliphatic heterocycles. The summed E-state index contributed by atoms with van der Waals surface area (Å²) in [5, 5.41) is 0.879. The van der Waals surface area contributed by atoms with Gasteiger partial charge in [0.2, 0.25) is 10.0 Å². The molecule has 32 heavy (non-hydrogen) atoms. The number of nitrogens with zero attached hydrogens (tertiary/aromatic N) is 1. The molecule has 3 N–H and O–H groups in total. The highest BCUT2D eigenvalue weighted by molar-refractivity contribution is 7.89. The molecule has 1 aliphatic rings. The molecule has 3 aromatic rings. The van der Waals surface area contributed by atoms with Gasteiger partial charge in [-0.2, -0.15) is 0 Å². The van der Waals surface area contributed by atoms with Crippen molar-refractivity contribution < 1.29 is 17.6 Å². The number of alkyl halides is 1. The first-order chi connectivity index (χ1) is 15.3. The van der Waals surface area contributed by atoms with Crippen LogP contribution in [0.5, 0.6) is 0 Å². The summed E-state index contributed by atoms with van der Waals surface area (Å²) in [7, 11) is -3.33. The Bertz CT molecular complexity index is 1230. The number of piperidine rings is 1. The van der Waals surface area contributed by atoms with Gasteiger partial charge in [0.15, 0.2) is 0 Å². The van der Waals surface area contributed by atoms with Crippen LogP contribution in [0.25, 0.3) is 22.0 Å². The van der Waals surface area contributed by atoms with Gasteiger partial charge in [-0.05, 0) is 66.1 Å². The summed E-state index contributed by atoms with van der Waals surface area (Å²) < 4.78 is 39.9. The Hall–Kier alpha value is -2.42. The highest BCUT2D eigenvalue weighted by atomic mass is 35.5. The Morgan fingerprint density at radius 2 is 1.78 bits per heavy atom. The number of carbonyl (C=O) groups excluding carboxylic acids is 1.